The van der Waals surface area contributed by atoms with E-state index in [4.69, 9.17) is 0 Å². The molecule has 0 saturated carbocycles. The topological polar surface area (TPSA) is 117 Å². The van der Waals surface area contributed by atoms with Crippen molar-refractivity contribution in [1.29, 1.82) is 0 Å². The summed E-state index contributed by atoms with van der Waals surface area (Å²) in [6.07, 6.45) is -4.28. The average Bonchev–Trinajstić information content (AvgIpc) is 3.20. The number of aromatic nitrogens is 3. The highest BCUT2D eigenvalue weighted by Gasteiger charge is 2.46. The maximum Gasteiger partial charge on any atom is 0.391 e. The second-order valence-electron chi connectivity index (χ2n) is 9.25. The number of nitrogens with one attached hydrogen (secondary N) is 2. The zero-order valence-electron chi connectivity index (χ0n) is 20.1. The number of hydrogen-bond donors (Lipinski definition) is 2. The van der Waals surface area contributed by atoms with Crippen molar-refractivity contribution in [2.45, 2.75) is 45.8 Å². The van der Waals surface area contributed by atoms with E-state index in [1.807, 2.05) is 0 Å². The Labute approximate surface area is 205 Å². The van der Waals surface area contributed by atoms with Crippen LogP contribution in [0.2, 0.25) is 0 Å². The van der Waals surface area contributed by atoms with Gasteiger partial charge in [-0.2, -0.15) is 22.8 Å². The number of H-pyrrole nitrogens is 1. The van der Waals surface area contributed by atoms with E-state index >= 15 is 0 Å². The van der Waals surface area contributed by atoms with Gasteiger partial charge in [-0.25, -0.2) is 8.42 Å². The van der Waals surface area contributed by atoms with Gasteiger partial charge in [0.1, 0.15) is 5.65 Å². The van der Waals surface area contributed by atoms with Crippen molar-refractivity contribution in [2.24, 2.45) is 5.92 Å². The number of anilines is 1. The van der Waals surface area contributed by atoms with Gasteiger partial charge in [0.15, 0.2) is 0 Å². The minimum atomic E-state index is -4.47. The molecule has 0 radical (unpaired) electrons. The molecule has 2 N–H and O–H groups in total. The molecular formula is C23H26F3N5O4S. The zero-order chi connectivity index (χ0) is 26.6. The van der Waals surface area contributed by atoms with Gasteiger partial charge in [-0.05, 0) is 45.7 Å². The molecule has 0 aliphatic carbocycles. The molecule has 2 aromatic heterocycles. The van der Waals surface area contributed by atoms with Gasteiger partial charge in [0.25, 0.3) is 11.5 Å². The lowest BCUT2D eigenvalue weighted by atomic mass is 9.88. The number of likely N-dealkylation sites (tertiary alicyclic amines) is 1. The van der Waals surface area contributed by atoms with Crippen LogP contribution in [0.5, 0.6) is 0 Å². The fourth-order valence-electron chi connectivity index (χ4n) is 4.48. The lowest BCUT2D eigenvalue weighted by Gasteiger charge is -2.39. The standard InChI is InChI=1S/C23H26F3N5O4S/c1-12-5-6-17(29-36(4,34)35)16(9-12)22(33)30-8-7-15(23(24,25)26)10-19(30)18-11-20-27-14(3)13(2)21(32)31(20)28-18/h5-6,9,11,15,19,27,29H,7-8,10H2,1-4H3/t15-,19-/m1/s1. The van der Waals surface area contributed by atoms with Gasteiger partial charge in [0.2, 0.25) is 10.0 Å². The number of sulfonamides is 1. The van der Waals surface area contributed by atoms with E-state index in [0.717, 1.165) is 10.8 Å². The van der Waals surface area contributed by atoms with Crippen LogP contribution in [-0.4, -0.2) is 52.8 Å². The Morgan fingerprint density at radius 1 is 1.19 bits per heavy atom. The van der Waals surface area contributed by atoms with E-state index in [9.17, 15) is 31.2 Å². The fourth-order valence-corrected chi connectivity index (χ4v) is 5.05. The molecule has 194 valence electrons. The van der Waals surface area contributed by atoms with Gasteiger partial charge in [0, 0.05) is 23.9 Å². The molecule has 1 saturated heterocycles. The van der Waals surface area contributed by atoms with Crippen molar-refractivity contribution in [3.63, 3.8) is 0 Å². The maximum atomic E-state index is 13.7. The Morgan fingerprint density at radius 3 is 2.53 bits per heavy atom. The molecule has 0 bridgehead atoms. The lowest BCUT2D eigenvalue weighted by molar-refractivity contribution is -0.188. The summed E-state index contributed by atoms with van der Waals surface area (Å²) in [6, 6.07) is 4.94. The largest absolute Gasteiger partial charge is 0.391 e. The number of piperidine rings is 1. The minimum absolute atomic E-state index is 0.0161. The van der Waals surface area contributed by atoms with Crippen LogP contribution in [0.25, 0.3) is 5.65 Å². The summed E-state index contributed by atoms with van der Waals surface area (Å²) in [5.74, 6) is -2.30. The second-order valence-corrected chi connectivity index (χ2v) is 11.0. The molecule has 3 aromatic rings. The third-order valence-corrected chi connectivity index (χ3v) is 7.08. The number of aryl methyl sites for hydroxylation is 2. The molecule has 3 heterocycles. The first-order chi connectivity index (χ1) is 16.7. The molecule has 4 rings (SSSR count). The molecule has 0 unspecified atom stereocenters. The number of carbonyl (C=O) groups excluding carboxylic acids is 1. The molecule has 2 atom stereocenters. The van der Waals surface area contributed by atoms with E-state index in [2.05, 4.69) is 14.8 Å². The Balaban J connectivity index is 1.82. The Kier molecular flexibility index (Phi) is 6.40. The van der Waals surface area contributed by atoms with Crippen molar-refractivity contribution in [1.82, 2.24) is 19.5 Å². The van der Waals surface area contributed by atoms with Crippen molar-refractivity contribution in [3.8, 4) is 0 Å². The number of nitrogens with zero attached hydrogens (tertiary/aromatic N) is 3. The van der Waals surface area contributed by atoms with E-state index in [1.54, 1.807) is 26.8 Å². The Morgan fingerprint density at radius 2 is 1.89 bits per heavy atom. The van der Waals surface area contributed by atoms with Crippen LogP contribution in [0.3, 0.4) is 0 Å². The summed E-state index contributed by atoms with van der Waals surface area (Å²) in [5, 5.41) is 4.28. The molecule has 13 heteroatoms. The molecule has 1 aromatic carbocycles. The molecule has 9 nitrogen and oxygen atoms in total. The number of fused-ring (bicyclic) bond motifs is 1. The average molecular weight is 526 g/mol. The number of rotatable bonds is 4. The van der Waals surface area contributed by atoms with Crippen molar-refractivity contribution >= 4 is 27.3 Å². The van der Waals surface area contributed by atoms with Crippen molar-refractivity contribution < 1.29 is 26.4 Å². The number of aromatic amines is 1. The highest BCUT2D eigenvalue weighted by molar-refractivity contribution is 7.92. The molecule has 1 amide bonds. The van der Waals surface area contributed by atoms with Crippen molar-refractivity contribution in [2.75, 3.05) is 17.5 Å². The zero-order valence-corrected chi connectivity index (χ0v) is 20.9. The van der Waals surface area contributed by atoms with Crippen LogP contribution in [0.1, 0.15) is 51.8 Å². The molecule has 1 aliphatic heterocycles. The maximum absolute atomic E-state index is 13.7. The Bertz CT molecular complexity index is 1510. The first kappa shape index (κ1) is 25.7. The van der Waals surface area contributed by atoms with Gasteiger partial charge in [0.05, 0.1) is 35.2 Å². The third-order valence-electron chi connectivity index (χ3n) is 6.49. The van der Waals surface area contributed by atoms with Crippen LogP contribution in [0.15, 0.2) is 29.1 Å². The number of hydrogen-bond acceptors (Lipinski definition) is 5. The highest BCUT2D eigenvalue weighted by atomic mass is 32.2. The smallest absolute Gasteiger partial charge is 0.343 e. The van der Waals surface area contributed by atoms with Gasteiger partial charge >= 0.3 is 6.18 Å². The molecule has 1 fully saturated rings. The van der Waals surface area contributed by atoms with Crippen LogP contribution in [-0.2, 0) is 10.0 Å². The number of alkyl halides is 3. The summed E-state index contributed by atoms with van der Waals surface area (Å²) in [6.45, 7) is 4.80. The summed E-state index contributed by atoms with van der Waals surface area (Å²) < 4.78 is 68.2. The van der Waals surface area contributed by atoms with E-state index in [0.29, 0.717) is 22.5 Å². The fraction of sp³-hybridized carbons (Fsp3) is 0.435. The summed E-state index contributed by atoms with van der Waals surface area (Å²) in [4.78, 5) is 30.7. The molecular weight excluding hydrogens is 499 g/mol. The summed E-state index contributed by atoms with van der Waals surface area (Å²) >= 11 is 0. The van der Waals surface area contributed by atoms with E-state index < -0.39 is 46.0 Å². The second kappa shape index (κ2) is 8.95. The molecule has 36 heavy (non-hydrogen) atoms. The van der Waals surface area contributed by atoms with Crippen LogP contribution >= 0.6 is 0 Å². The predicted octanol–water partition coefficient (Wildman–Crippen LogP) is 3.48. The van der Waals surface area contributed by atoms with Crippen molar-refractivity contribution in [3.05, 3.63) is 62.7 Å². The van der Waals surface area contributed by atoms with Crippen LogP contribution in [0, 0.1) is 26.7 Å². The third kappa shape index (κ3) is 4.97. The van der Waals surface area contributed by atoms with Crippen LogP contribution < -0.4 is 10.3 Å². The number of amides is 1. The number of benzene rings is 1. The molecule has 1 aliphatic rings. The predicted molar refractivity (Wildman–Crippen MR) is 127 cm³/mol. The number of carbonyl (C=O) groups is 1. The van der Waals surface area contributed by atoms with Gasteiger partial charge in [-0.1, -0.05) is 11.6 Å². The van der Waals surface area contributed by atoms with Gasteiger partial charge in [-0.3, -0.25) is 14.3 Å². The first-order valence-electron chi connectivity index (χ1n) is 11.2. The summed E-state index contributed by atoms with van der Waals surface area (Å²) in [7, 11) is -3.72. The SMILES string of the molecule is Cc1ccc(NS(C)(=O)=O)c(C(=O)N2CC[C@@H](C(F)(F)F)C[C@@H]2c2cc3[nH]c(C)c(C)c(=O)n3n2)c1. The Hall–Kier alpha value is -3.35. The first-order valence-corrected chi connectivity index (χ1v) is 13.1. The minimum Gasteiger partial charge on any atom is -0.343 e. The van der Waals surface area contributed by atoms with E-state index in [-0.39, 0.29) is 29.9 Å². The highest BCUT2D eigenvalue weighted by Crippen LogP contribution is 2.42. The number of halogens is 3. The monoisotopic (exact) mass is 525 g/mol. The normalized spacial score (nSPS) is 19.0. The summed E-state index contributed by atoms with van der Waals surface area (Å²) in [5.41, 5.74) is 1.76. The quantitative estimate of drug-likeness (QED) is 0.541. The van der Waals surface area contributed by atoms with E-state index in [1.165, 1.54) is 23.1 Å². The lowest BCUT2D eigenvalue weighted by Crippen LogP contribution is -2.44. The van der Waals surface area contributed by atoms with Crippen LogP contribution in [0.4, 0.5) is 18.9 Å². The van der Waals surface area contributed by atoms with Gasteiger partial charge < -0.3 is 9.88 Å². The molecule has 0 spiro atoms. The van der Waals surface area contributed by atoms with Gasteiger partial charge in [-0.15, -0.1) is 0 Å².